The molecule has 0 aliphatic carbocycles. The van der Waals surface area contributed by atoms with E-state index in [0.717, 1.165) is 6.42 Å². The van der Waals surface area contributed by atoms with Gasteiger partial charge in [-0.05, 0) is 78.7 Å². The Morgan fingerprint density at radius 1 is 0.853 bits per heavy atom. The summed E-state index contributed by atoms with van der Waals surface area (Å²) in [5, 5.41) is 3.97. The molecule has 0 saturated heterocycles. The van der Waals surface area contributed by atoms with Crippen molar-refractivity contribution in [3.05, 3.63) is 83.4 Å². The highest BCUT2D eigenvalue weighted by molar-refractivity contribution is 5.95. The number of rotatable bonds is 10. The van der Waals surface area contributed by atoms with Crippen LogP contribution in [0, 0.1) is 0 Å². The van der Waals surface area contributed by atoms with Crippen molar-refractivity contribution in [2.75, 3.05) is 20.8 Å². The minimum Gasteiger partial charge on any atom is -0.497 e. The van der Waals surface area contributed by atoms with E-state index in [4.69, 9.17) is 18.9 Å². The molecule has 1 amide bonds. The van der Waals surface area contributed by atoms with E-state index >= 15 is 0 Å². The third-order valence-electron chi connectivity index (χ3n) is 4.69. The SMILES string of the molecule is CCCOc1ccc(C(=O)Oc2ccc(/C=N/NC(=O)c3ccc(OC)cc3)cc2OC)cc1. The number of carbonyl (C=O) groups is 2. The van der Waals surface area contributed by atoms with Gasteiger partial charge in [-0.15, -0.1) is 0 Å². The topological polar surface area (TPSA) is 95.5 Å². The second-order valence-corrected chi connectivity index (χ2v) is 7.10. The Morgan fingerprint density at radius 3 is 2.18 bits per heavy atom. The quantitative estimate of drug-likeness (QED) is 0.207. The van der Waals surface area contributed by atoms with Crippen LogP contribution >= 0.6 is 0 Å². The lowest BCUT2D eigenvalue weighted by atomic mass is 10.2. The standard InChI is InChI=1S/C26H26N2O6/c1-4-15-33-22-12-8-20(9-13-22)26(30)34-23-14-5-18(16-24(23)32-3)17-27-28-25(29)19-6-10-21(31-2)11-7-19/h5-14,16-17H,4,15H2,1-3H3,(H,28,29)/b27-17+. The van der Waals surface area contributed by atoms with E-state index in [2.05, 4.69) is 10.5 Å². The highest BCUT2D eigenvalue weighted by atomic mass is 16.6. The van der Waals surface area contributed by atoms with Gasteiger partial charge in [0, 0.05) is 5.56 Å². The van der Waals surface area contributed by atoms with E-state index in [1.807, 2.05) is 6.92 Å². The van der Waals surface area contributed by atoms with Gasteiger partial charge in [0.15, 0.2) is 11.5 Å². The number of ether oxygens (including phenoxy) is 4. The Morgan fingerprint density at radius 2 is 1.53 bits per heavy atom. The van der Waals surface area contributed by atoms with Crippen molar-refractivity contribution in [3.8, 4) is 23.0 Å². The van der Waals surface area contributed by atoms with Crippen molar-refractivity contribution in [3.63, 3.8) is 0 Å². The monoisotopic (exact) mass is 462 g/mol. The molecule has 0 aliphatic heterocycles. The van der Waals surface area contributed by atoms with Crippen LogP contribution < -0.4 is 24.4 Å². The van der Waals surface area contributed by atoms with Crippen LogP contribution in [0.5, 0.6) is 23.0 Å². The molecule has 0 saturated carbocycles. The summed E-state index contributed by atoms with van der Waals surface area (Å²) in [6.45, 7) is 2.64. The lowest BCUT2D eigenvalue weighted by Gasteiger charge is -2.10. The van der Waals surface area contributed by atoms with Crippen molar-refractivity contribution >= 4 is 18.1 Å². The Kier molecular flexibility index (Phi) is 8.62. The Hall–Kier alpha value is -4.33. The van der Waals surface area contributed by atoms with E-state index < -0.39 is 5.97 Å². The van der Waals surface area contributed by atoms with Crippen molar-refractivity contribution in [2.45, 2.75) is 13.3 Å². The minimum atomic E-state index is -0.520. The average molecular weight is 463 g/mol. The molecule has 0 spiro atoms. The van der Waals surface area contributed by atoms with Gasteiger partial charge in [-0.3, -0.25) is 4.79 Å². The van der Waals surface area contributed by atoms with Gasteiger partial charge in [-0.25, -0.2) is 10.2 Å². The zero-order valence-corrected chi connectivity index (χ0v) is 19.2. The van der Waals surface area contributed by atoms with E-state index in [1.54, 1.807) is 73.8 Å². The maximum atomic E-state index is 12.5. The van der Waals surface area contributed by atoms with E-state index in [0.29, 0.717) is 40.5 Å². The van der Waals surface area contributed by atoms with Gasteiger partial charge < -0.3 is 18.9 Å². The molecule has 0 fully saturated rings. The third kappa shape index (κ3) is 6.59. The lowest BCUT2D eigenvalue weighted by molar-refractivity contribution is 0.0729. The number of carbonyl (C=O) groups excluding carboxylic acids is 2. The van der Waals surface area contributed by atoms with Crippen molar-refractivity contribution in [1.29, 1.82) is 0 Å². The molecule has 0 radical (unpaired) electrons. The molecule has 3 aromatic rings. The summed E-state index contributed by atoms with van der Waals surface area (Å²) in [6.07, 6.45) is 2.36. The first-order chi connectivity index (χ1) is 16.5. The summed E-state index contributed by atoms with van der Waals surface area (Å²) < 4.78 is 21.4. The van der Waals surface area contributed by atoms with Crippen LogP contribution in [0.4, 0.5) is 0 Å². The molecule has 0 atom stereocenters. The van der Waals surface area contributed by atoms with Crippen LogP contribution in [-0.2, 0) is 0 Å². The minimum absolute atomic E-state index is 0.262. The number of hydrogen-bond donors (Lipinski definition) is 1. The zero-order chi connectivity index (χ0) is 24.3. The third-order valence-corrected chi connectivity index (χ3v) is 4.69. The number of methoxy groups -OCH3 is 2. The predicted octanol–water partition coefficient (Wildman–Crippen LogP) is 4.48. The Balaban J connectivity index is 1.61. The molecule has 0 unspecified atom stereocenters. The highest BCUT2D eigenvalue weighted by Crippen LogP contribution is 2.28. The summed E-state index contributed by atoms with van der Waals surface area (Å²) >= 11 is 0. The van der Waals surface area contributed by atoms with Gasteiger partial charge in [0.05, 0.1) is 32.6 Å². The van der Waals surface area contributed by atoms with E-state index in [1.165, 1.54) is 13.3 Å². The summed E-state index contributed by atoms with van der Waals surface area (Å²) in [5.41, 5.74) is 3.94. The van der Waals surface area contributed by atoms with Crippen LogP contribution in [0.1, 0.15) is 39.6 Å². The maximum Gasteiger partial charge on any atom is 0.343 e. The molecular formula is C26H26N2O6. The highest BCUT2D eigenvalue weighted by Gasteiger charge is 2.13. The molecule has 0 aromatic heterocycles. The van der Waals surface area contributed by atoms with Crippen LogP contribution in [0.2, 0.25) is 0 Å². The molecule has 0 heterocycles. The predicted molar refractivity (Wildman–Crippen MR) is 128 cm³/mol. The molecular weight excluding hydrogens is 436 g/mol. The summed E-state index contributed by atoms with van der Waals surface area (Å²) in [6, 6.07) is 18.3. The smallest absolute Gasteiger partial charge is 0.343 e. The molecule has 3 aromatic carbocycles. The normalized spacial score (nSPS) is 10.6. The van der Waals surface area contributed by atoms with Gasteiger partial charge in [-0.2, -0.15) is 5.10 Å². The van der Waals surface area contributed by atoms with Crippen LogP contribution in [0.25, 0.3) is 0 Å². The van der Waals surface area contributed by atoms with Crippen molar-refractivity contribution in [2.24, 2.45) is 5.10 Å². The second kappa shape index (κ2) is 12.1. The van der Waals surface area contributed by atoms with E-state index in [9.17, 15) is 9.59 Å². The molecule has 1 N–H and O–H groups in total. The number of hydrazone groups is 1. The van der Waals surface area contributed by atoms with Gasteiger partial charge in [0.2, 0.25) is 0 Å². The summed E-state index contributed by atoms with van der Waals surface area (Å²) in [5.74, 6) is 1.08. The van der Waals surface area contributed by atoms with Gasteiger partial charge in [0.25, 0.3) is 5.91 Å². The number of amides is 1. The molecule has 176 valence electrons. The number of nitrogens with zero attached hydrogens (tertiary/aromatic N) is 1. The first kappa shape index (κ1) is 24.3. The molecule has 34 heavy (non-hydrogen) atoms. The largest absolute Gasteiger partial charge is 0.497 e. The maximum absolute atomic E-state index is 12.5. The number of benzene rings is 3. The number of nitrogens with one attached hydrogen (secondary N) is 1. The average Bonchev–Trinajstić information content (AvgIpc) is 2.88. The first-order valence-corrected chi connectivity index (χ1v) is 10.6. The van der Waals surface area contributed by atoms with Crippen molar-refractivity contribution < 1.29 is 28.5 Å². The van der Waals surface area contributed by atoms with Gasteiger partial charge in [-0.1, -0.05) is 6.92 Å². The fourth-order valence-electron chi connectivity index (χ4n) is 2.89. The summed E-state index contributed by atoms with van der Waals surface area (Å²) in [4.78, 5) is 24.7. The van der Waals surface area contributed by atoms with Crippen LogP contribution in [0.15, 0.2) is 71.8 Å². The fourth-order valence-corrected chi connectivity index (χ4v) is 2.89. The lowest BCUT2D eigenvalue weighted by Crippen LogP contribution is -2.17. The molecule has 8 nitrogen and oxygen atoms in total. The summed E-state index contributed by atoms with van der Waals surface area (Å²) in [7, 11) is 3.03. The number of esters is 1. The van der Waals surface area contributed by atoms with Crippen LogP contribution in [-0.4, -0.2) is 38.9 Å². The molecule has 8 heteroatoms. The van der Waals surface area contributed by atoms with Gasteiger partial charge >= 0.3 is 5.97 Å². The van der Waals surface area contributed by atoms with Crippen molar-refractivity contribution in [1.82, 2.24) is 5.43 Å². The van der Waals surface area contributed by atoms with E-state index in [-0.39, 0.29) is 11.7 Å². The second-order valence-electron chi connectivity index (χ2n) is 7.10. The van der Waals surface area contributed by atoms with Gasteiger partial charge in [0.1, 0.15) is 11.5 Å². The zero-order valence-electron chi connectivity index (χ0n) is 19.2. The molecule has 0 aliphatic rings. The Labute approximate surface area is 198 Å². The molecule has 0 bridgehead atoms. The number of hydrogen-bond acceptors (Lipinski definition) is 7. The van der Waals surface area contributed by atoms with Crippen LogP contribution in [0.3, 0.4) is 0 Å². The fraction of sp³-hybridized carbons (Fsp3) is 0.192. The Bertz CT molecular complexity index is 1140. The first-order valence-electron chi connectivity index (χ1n) is 10.6. The molecule has 3 rings (SSSR count).